The lowest BCUT2D eigenvalue weighted by atomic mass is 9.82. The number of allylic oxidation sites excluding steroid dienone is 4. The standard InChI is InChI=1S/C13H19N3/c1-3-9(4-2)12-10-7-5-6-8-11(10)15-13(14)16-12/h5-6,8-10H,3-4,7H2,1-2H3,(H2,14,15). The summed E-state index contributed by atoms with van der Waals surface area (Å²) in [5.74, 6) is 1.32. The molecule has 3 heteroatoms. The van der Waals surface area contributed by atoms with Gasteiger partial charge in [0.2, 0.25) is 5.96 Å². The van der Waals surface area contributed by atoms with E-state index in [1.54, 1.807) is 0 Å². The summed E-state index contributed by atoms with van der Waals surface area (Å²) in [6, 6.07) is 0. The molecule has 1 unspecified atom stereocenters. The molecule has 0 fully saturated rings. The van der Waals surface area contributed by atoms with E-state index in [2.05, 4.69) is 42.1 Å². The van der Waals surface area contributed by atoms with Gasteiger partial charge in [0.25, 0.3) is 0 Å². The highest BCUT2D eigenvalue weighted by Crippen LogP contribution is 2.31. The van der Waals surface area contributed by atoms with Gasteiger partial charge in [0, 0.05) is 11.6 Å². The van der Waals surface area contributed by atoms with Crippen molar-refractivity contribution >= 4 is 11.7 Å². The zero-order chi connectivity index (χ0) is 11.5. The zero-order valence-electron chi connectivity index (χ0n) is 9.98. The molecule has 1 aliphatic carbocycles. The molecule has 1 atom stereocenters. The van der Waals surface area contributed by atoms with Crippen LogP contribution in [0.1, 0.15) is 33.1 Å². The second kappa shape index (κ2) is 4.64. The van der Waals surface area contributed by atoms with E-state index < -0.39 is 0 Å². The molecule has 0 saturated carbocycles. The van der Waals surface area contributed by atoms with E-state index in [1.807, 2.05) is 0 Å². The highest BCUT2D eigenvalue weighted by molar-refractivity contribution is 6.03. The third-order valence-corrected chi connectivity index (χ3v) is 3.38. The Hall–Kier alpha value is -1.38. The van der Waals surface area contributed by atoms with Crippen LogP contribution >= 0.6 is 0 Å². The number of hydrogen-bond acceptors (Lipinski definition) is 3. The van der Waals surface area contributed by atoms with E-state index in [0.717, 1.165) is 25.0 Å². The predicted octanol–water partition coefficient (Wildman–Crippen LogP) is 2.65. The Balaban J connectivity index is 2.34. The van der Waals surface area contributed by atoms with Crippen LogP contribution in [-0.4, -0.2) is 11.7 Å². The molecule has 16 heavy (non-hydrogen) atoms. The van der Waals surface area contributed by atoms with Crippen LogP contribution in [0.25, 0.3) is 0 Å². The molecular weight excluding hydrogens is 198 g/mol. The van der Waals surface area contributed by atoms with Gasteiger partial charge in [-0.15, -0.1) is 0 Å². The van der Waals surface area contributed by atoms with Gasteiger partial charge in [-0.25, -0.2) is 9.98 Å². The average Bonchev–Trinajstić information content (AvgIpc) is 2.30. The van der Waals surface area contributed by atoms with Crippen LogP contribution in [0.3, 0.4) is 0 Å². The first-order valence-electron chi connectivity index (χ1n) is 6.05. The summed E-state index contributed by atoms with van der Waals surface area (Å²) in [6.45, 7) is 4.42. The molecule has 3 nitrogen and oxygen atoms in total. The van der Waals surface area contributed by atoms with E-state index in [-0.39, 0.29) is 0 Å². The van der Waals surface area contributed by atoms with Crippen LogP contribution < -0.4 is 5.73 Å². The van der Waals surface area contributed by atoms with Crippen LogP contribution in [0.5, 0.6) is 0 Å². The van der Waals surface area contributed by atoms with Gasteiger partial charge in [-0.1, -0.05) is 26.0 Å². The molecule has 1 aliphatic heterocycles. The maximum Gasteiger partial charge on any atom is 0.220 e. The first kappa shape index (κ1) is 11.1. The molecule has 2 N–H and O–H groups in total. The summed E-state index contributed by atoms with van der Waals surface area (Å²) in [5.41, 5.74) is 8.09. The maximum absolute atomic E-state index is 5.78. The summed E-state index contributed by atoms with van der Waals surface area (Å²) in [4.78, 5) is 8.80. The fourth-order valence-electron chi connectivity index (χ4n) is 2.46. The molecule has 1 heterocycles. The quantitative estimate of drug-likeness (QED) is 0.776. The molecule has 0 aromatic rings. The number of hydrogen-bond donors (Lipinski definition) is 1. The van der Waals surface area contributed by atoms with Crippen molar-refractivity contribution in [2.24, 2.45) is 27.6 Å². The minimum atomic E-state index is 0.363. The lowest BCUT2D eigenvalue weighted by Gasteiger charge is -2.28. The van der Waals surface area contributed by atoms with Crippen molar-refractivity contribution in [3.8, 4) is 0 Å². The van der Waals surface area contributed by atoms with Crippen LogP contribution in [0.2, 0.25) is 0 Å². The molecule has 0 amide bonds. The molecule has 0 aromatic carbocycles. The molecule has 0 saturated heterocycles. The molecule has 2 aliphatic rings. The van der Waals surface area contributed by atoms with Gasteiger partial charge < -0.3 is 5.73 Å². The van der Waals surface area contributed by atoms with Gasteiger partial charge in [0.1, 0.15) is 0 Å². The Kier molecular flexibility index (Phi) is 3.22. The molecule has 0 spiro atoms. The lowest BCUT2D eigenvalue weighted by Crippen LogP contribution is -2.31. The van der Waals surface area contributed by atoms with E-state index in [4.69, 9.17) is 5.73 Å². The zero-order valence-corrected chi connectivity index (χ0v) is 9.98. The van der Waals surface area contributed by atoms with Crippen molar-refractivity contribution in [3.05, 3.63) is 23.9 Å². The summed E-state index contributed by atoms with van der Waals surface area (Å²) in [5, 5.41) is 0. The molecule has 0 bridgehead atoms. The van der Waals surface area contributed by atoms with Crippen molar-refractivity contribution in [1.29, 1.82) is 0 Å². The number of nitrogens with two attached hydrogens (primary N) is 1. The molecule has 0 aromatic heterocycles. The molecule has 2 rings (SSSR count). The summed E-state index contributed by atoms with van der Waals surface area (Å²) < 4.78 is 0. The highest BCUT2D eigenvalue weighted by atomic mass is 15.1. The van der Waals surface area contributed by atoms with Crippen molar-refractivity contribution < 1.29 is 0 Å². The number of nitrogens with zero attached hydrogens (tertiary/aromatic N) is 2. The Morgan fingerprint density at radius 1 is 1.38 bits per heavy atom. The van der Waals surface area contributed by atoms with Gasteiger partial charge >= 0.3 is 0 Å². The summed E-state index contributed by atoms with van der Waals surface area (Å²) >= 11 is 0. The topological polar surface area (TPSA) is 50.7 Å². The van der Waals surface area contributed by atoms with Gasteiger partial charge in [-0.2, -0.15) is 0 Å². The predicted molar refractivity (Wildman–Crippen MR) is 68.5 cm³/mol. The van der Waals surface area contributed by atoms with Gasteiger partial charge in [-0.05, 0) is 31.3 Å². The third kappa shape index (κ3) is 1.94. The van der Waals surface area contributed by atoms with E-state index in [9.17, 15) is 0 Å². The second-order valence-electron chi connectivity index (χ2n) is 4.33. The third-order valence-electron chi connectivity index (χ3n) is 3.38. The van der Waals surface area contributed by atoms with Gasteiger partial charge in [0.15, 0.2) is 0 Å². The summed E-state index contributed by atoms with van der Waals surface area (Å²) in [6.07, 6.45) is 9.55. The number of guanidine groups is 1. The van der Waals surface area contributed by atoms with Gasteiger partial charge in [0.05, 0.1) is 5.70 Å². The fraction of sp³-hybridized carbons (Fsp3) is 0.538. The van der Waals surface area contributed by atoms with Crippen LogP contribution in [0.15, 0.2) is 33.9 Å². The SMILES string of the molecule is CCC(CC)C1=NC(N)=NC2=CC=CCC21. The minimum absolute atomic E-state index is 0.363. The van der Waals surface area contributed by atoms with E-state index in [0.29, 0.717) is 17.8 Å². The Morgan fingerprint density at radius 2 is 2.12 bits per heavy atom. The first-order chi connectivity index (χ1) is 7.76. The Labute approximate surface area is 96.9 Å². The van der Waals surface area contributed by atoms with Crippen LogP contribution in [-0.2, 0) is 0 Å². The monoisotopic (exact) mass is 217 g/mol. The van der Waals surface area contributed by atoms with Crippen molar-refractivity contribution in [2.45, 2.75) is 33.1 Å². The largest absolute Gasteiger partial charge is 0.368 e. The normalized spacial score (nSPS) is 23.7. The lowest BCUT2D eigenvalue weighted by molar-refractivity contribution is 0.599. The Morgan fingerprint density at radius 3 is 2.81 bits per heavy atom. The Bertz CT molecular complexity index is 384. The molecular formula is C13H19N3. The number of rotatable bonds is 3. The smallest absolute Gasteiger partial charge is 0.220 e. The maximum atomic E-state index is 5.78. The van der Waals surface area contributed by atoms with Crippen molar-refractivity contribution in [2.75, 3.05) is 0 Å². The molecule has 0 radical (unpaired) electrons. The van der Waals surface area contributed by atoms with Crippen LogP contribution in [0, 0.1) is 11.8 Å². The second-order valence-corrected chi connectivity index (χ2v) is 4.33. The number of fused-ring (bicyclic) bond motifs is 1. The minimum Gasteiger partial charge on any atom is -0.368 e. The first-order valence-corrected chi connectivity index (χ1v) is 6.05. The summed E-state index contributed by atoms with van der Waals surface area (Å²) in [7, 11) is 0. The van der Waals surface area contributed by atoms with Crippen molar-refractivity contribution in [3.63, 3.8) is 0 Å². The van der Waals surface area contributed by atoms with E-state index >= 15 is 0 Å². The van der Waals surface area contributed by atoms with E-state index in [1.165, 1.54) is 5.71 Å². The van der Waals surface area contributed by atoms with Crippen LogP contribution in [0.4, 0.5) is 0 Å². The van der Waals surface area contributed by atoms with Crippen molar-refractivity contribution in [1.82, 2.24) is 0 Å². The highest BCUT2D eigenvalue weighted by Gasteiger charge is 2.29. The van der Waals surface area contributed by atoms with Gasteiger partial charge in [-0.3, -0.25) is 0 Å². The average molecular weight is 217 g/mol. The molecule has 86 valence electrons. The number of aliphatic imine (C=N–C) groups is 2. The fourth-order valence-corrected chi connectivity index (χ4v) is 2.46.